The molecule has 3 aromatic carbocycles. The molecule has 3 heterocycles. The standard InChI is InChI=1S/C33H36N5/c1-7-36-29(37(8-2)32-31(36)34-25-16-11-12-17-26(25)35-32)19-13-18-28-33(5,6)30-24-15-10-9-14-23(24)20-21-27(30)38(28)22(3)4/h9-22H,7-8H2,1-6H3/q+1. The molecule has 38 heavy (non-hydrogen) atoms. The molecule has 0 fully saturated rings. The second-order valence-electron chi connectivity index (χ2n) is 10.9. The van der Waals surface area contributed by atoms with Crippen LogP contribution >= 0.6 is 0 Å². The van der Waals surface area contributed by atoms with Crippen LogP contribution in [-0.4, -0.2) is 20.6 Å². The van der Waals surface area contributed by atoms with Gasteiger partial charge < -0.3 is 4.90 Å². The van der Waals surface area contributed by atoms with Crippen molar-refractivity contribution in [3.05, 3.63) is 89.9 Å². The topological polar surface area (TPSA) is 37.8 Å². The number of aryl methyl sites for hydroxylation is 2. The van der Waals surface area contributed by atoms with Crippen LogP contribution in [0.1, 0.15) is 52.9 Å². The molecule has 5 heteroatoms. The minimum Gasteiger partial charge on any atom is -0.341 e. The van der Waals surface area contributed by atoms with Crippen LogP contribution < -0.4 is 9.47 Å². The number of para-hydroxylation sites is 2. The normalized spacial score (nSPS) is 16.2. The predicted molar refractivity (Wildman–Crippen MR) is 158 cm³/mol. The van der Waals surface area contributed by atoms with Gasteiger partial charge in [-0.2, -0.15) is 0 Å². The first-order valence-corrected chi connectivity index (χ1v) is 13.8. The van der Waals surface area contributed by atoms with Gasteiger partial charge in [0.1, 0.15) is 5.52 Å². The zero-order valence-electron chi connectivity index (χ0n) is 23.2. The second-order valence-corrected chi connectivity index (χ2v) is 10.9. The van der Waals surface area contributed by atoms with Crippen LogP contribution in [0.15, 0.2) is 78.5 Å². The molecule has 0 unspecified atom stereocenters. The number of allylic oxidation sites excluding steroid dienone is 3. The summed E-state index contributed by atoms with van der Waals surface area (Å²) in [5.74, 6) is 1.12. The number of nitrogens with zero attached hydrogens (tertiary/aromatic N) is 5. The van der Waals surface area contributed by atoms with Crippen molar-refractivity contribution in [2.45, 2.75) is 66.1 Å². The van der Waals surface area contributed by atoms with Crippen LogP contribution in [0.25, 0.3) is 39.2 Å². The van der Waals surface area contributed by atoms with Gasteiger partial charge in [0, 0.05) is 28.9 Å². The molecule has 0 N–H and O–H groups in total. The minimum atomic E-state index is -0.121. The van der Waals surface area contributed by atoms with E-state index in [9.17, 15) is 0 Å². The van der Waals surface area contributed by atoms with E-state index in [2.05, 4.69) is 110 Å². The maximum Gasteiger partial charge on any atom is 0.323 e. The summed E-state index contributed by atoms with van der Waals surface area (Å²) in [5.41, 5.74) is 7.65. The lowest BCUT2D eigenvalue weighted by Crippen LogP contribution is -2.35. The Bertz CT molecular complexity index is 1690. The first kappa shape index (κ1) is 24.4. The number of hydrogen-bond donors (Lipinski definition) is 0. The Morgan fingerprint density at radius 2 is 1.63 bits per heavy atom. The molecule has 5 nitrogen and oxygen atoms in total. The maximum atomic E-state index is 5.00. The van der Waals surface area contributed by atoms with Crippen LogP contribution in [0.2, 0.25) is 0 Å². The highest BCUT2D eigenvalue weighted by atomic mass is 15.2. The number of anilines is 1. The largest absolute Gasteiger partial charge is 0.341 e. The van der Waals surface area contributed by atoms with Crippen LogP contribution in [0.4, 0.5) is 5.69 Å². The zero-order valence-corrected chi connectivity index (χ0v) is 23.2. The predicted octanol–water partition coefficient (Wildman–Crippen LogP) is 7.17. The highest BCUT2D eigenvalue weighted by Crippen LogP contribution is 2.51. The van der Waals surface area contributed by atoms with Crippen molar-refractivity contribution >= 4 is 44.9 Å². The van der Waals surface area contributed by atoms with Crippen molar-refractivity contribution in [2.75, 3.05) is 4.90 Å². The molecule has 0 bridgehead atoms. The Morgan fingerprint density at radius 3 is 2.34 bits per heavy atom. The number of rotatable bonds is 5. The van der Waals surface area contributed by atoms with E-state index in [4.69, 9.17) is 9.97 Å². The van der Waals surface area contributed by atoms with Gasteiger partial charge in [0.05, 0.1) is 13.1 Å². The van der Waals surface area contributed by atoms with Gasteiger partial charge in [-0.25, -0.2) is 14.1 Å². The molecule has 0 radical (unpaired) electrons. The summed E-state index contributed by atoms with van der Waals surface area (Å²) < 4.78 is 4.55. The van der Waals surface area contributed by atoms with E-state index in [1.54, 1.807) is 0 Å². The summed E-state index contributed by atoms with van der Waals surface area (Å²) in [6, 6.07) is 21.8. The molecule has 6 rings (SSSR count). The van der Waals surface area contributed by atoms with E-state index < -0.39 is 0 Å². The van der Waals surface area contributed by atoms with Crippen molar-refractivity contribution in [3.63, 3.8) is 0 Å². The van der Waals surface area contributed by atoms with Gasteiger partial charge in [-0.05, 0) is 68.3 Å². The monoisotopic (exact) mass is 502 g/mol. The van der Waals surface area contributed by atoms with Crippen LogP contribution in [0, 0.1) is 0 Å². The van der Waals surface area contributed by atoms with E-state index >= 15 is 0 Å². The molecule has 192 valence electrons. The molecule has 5 aromatic rings. The molecular weight excluding hydrogens is 466 g/mol. The smallest absolute Gasteiger partial charge is 0.323 e. The van der Waals surface area contributed by atoms with Gasteiger partial charge in [-0.3, -0.25) is 0 Å². The Hall–Kier alpha value is -3.99. The summed E-state index contributed by atoms with van der Waals surface area (Å²) in [5, 5.41) is 2.64. The van der Waals surface area contributed by atoms with Gasteiger partial charge in [0.2, 0.25) is 5.82 Å². The van der Waals surface area contributed by atoms with Gasteiger partial charge >= 0.3 is 5.65 Å². The van der Waals surface area contributed by atoms with E-state index in [1.807, 2.05) is 24.3 Å². The molecule has 0 amide bonds. The Morgan fingerprint density at radius 1 is 0.921 bits per heavy atom. The number of aromatic nitrogens is 4. The first-order chi connectivity index (χ1) is 18.4. The summed E-state index contributed by atoms with van der Waals surface area (Å²) in [6.45, 7) is 15.3. The highest BCUT2D eigenvalue weighted by Gasteiger charge is 2.42. The molecule has 1 aliphatic heterocycles. The lowest BCUT2D eigenvalue weighted by molar-refractivity contribution is -0.672. The summed E-state index contributed by atoms with van der Waals surface area (Å²) >= 11 is 0. The van der Waals surface area contributed by atoms with E-state index in [0.29, 0.717) is 6.04 Å². The number of imidazole rings is 1. The lowest BCUT2D eigenvalue weighted by atomic mass is 9.81. The van der Waals surface area contributed by atoms with Crippen molar-refractivity contribution in [3.8, 4) is 0 Å². The van der Waals surface area contributed by atoms with Gasteiger partial charge in [0.25, 0.3) is 5.65 Å². The number of fused-ring (bicyclic) bond motifs is 5. The van der Waals surface area contributed by atoms with Crippen molar-refractivity contribution in [2.24, 2.45) is 0 Å². The average Bonchev–Trinajstić information content (AvgIpc) is 3.34. The van der Waals surface area contributed by atoms with E-state index in [1.165, 1.54) is 27.7 Å². The van der Waals surface area contributed by atoms with Gasteiger partial charge in [-0.15, -0.1) is 0 Å². The van der Waals surface area contributed by atoms with Crippen molar-refractivity contribution in [1.82, 2.24) is 14.5 Å². The third kappa shape index (κ3) is 3.56. The Labute approximate surface area is 224 Å². The fourth-order valence-electron chi connectivity index (χ4n) is 6.26. The SMILES string of the molecule is CCn1c(C=CC=C2N(C(C)C)c3ccc4ccccc4c3C2(C)C)[n+](CC)c2nc3ccccc3nc21. The van der Waals surface area contributed by atoms with E-state index in [0.717, 1.165) is 41.2 Å². The molecule has 1 aliphatic rings. The quantitative estimate of drug-likeness (QED) is 0.239. The molecule has 0 aliphatic carbocycles. The number of hydrogen-bond acceptors (Lipinski definition) is 3. The average molecular weight is 503 g/mol. The third-order valence-corrected chi connectivity index (χ3v) is 7.94. The molecule has 0 atom stereocenters. The van der Waals surface area contributed by atoms with E-state index in [-0.39, 0.29) is 5.41 Å². The van der Waals surface area contributed by atoms with Crippen molar-refractivity contribution < 1.29 is 4.57 Å². The lowest BCUT2D eigenvalue weighted by Gasteiger charge is -2.30. The van der Waals surface area contributed by atoms with Crippen LogP contribution in [0.3, 0.4) is 0 Å². The molecule has 0 saturated heterocycles. The third-order valence-electron chi connectivity index (χ3n) is 7.94. The fourth-order valence-corrected chi connectivity index (χ4v) is 6.26. The molecule has 2 aromatic heterocycles. The summed E-state index contributed by atoms with van der Waals surface area (Å²) in [7, 11) is 0. The Balaban J connectivity index is 1.50. The molecule has 0 spiro atoms. The minimum absolute atomic E-state index is 0.121. The zero-order chi connectivity index (χ0) is 26.6. The second kappa shape index (κ2) is 9.09. The van der Waals surface area contributed by atoms with Crippen LogP contribution in [-0.2, 0) is 18.5 Å². The van der Waals surface area contributed by atoms with Gasteiger partial charge in [0.15, 0.2) is 5.52 Å². The summed E-state index contributed by atoms with van der Waals surface area (Å²) in [6.07, 6.45) is 6.75. The molecular formula is C33H36N5+. The highest BCUT2D eigenvalue weighted by molar-refractivity contribution is 5.95. The first-order valence-electron chi connectivity index (χ1n) is 13.8. The maximum absolute atomic E-state index is 5.00. The number of benzene rings is 3. The van der Waals surface area contributed by atoms with Crippen LogP contribution in [0.5, 0.6) is 0 Å². The Kier molecular flexibility index (Phi) is 5.82. The van der Waals surface area contributed by atoms with Crippen molar-refractivity contribution in [1.29, 1.82) is 0 Å². The van der Waals surface area contributed by atoms with Gasteiger partial charge in [-0.1, -0.05) is 67.4 Å². The fraction of sp³-hybridized carbons (Fsp3) is 0.303. The summed E-state index contributed by atoms with van der Waals surface area (Å²) in [4.78, 5) is 12.5. The molecule has 0 saturated carbocycles.